The number of hydrogen-bond donors (Lipinski definition) is 1. The third-order valence-corrected chi connectivity index (χ3v) is 1.81. The molecule has 0 aliphatic carbocycles. The van der Waals surface area contributed by atoms with E-state index >= 15 is 0 Å². The summed E-state index contributed by atoms with van der Waals surface area (Å²) in [6, 6.07) is 8.49. The van der Waals surface area contributed by atoms with E-state index in [2.05, 4.69) is 10.1 Å². The first-order valence-electron chi connectivity index (χ1n) is 4.14. The lowest BCUT2D eigenvalue weighted by atomic mass is 10.3. The third-order valence-electron chi connectivity index (χ3n) is 1.81. The van der Waals surface area contributed by atoms with Crippen LogP contribution in [-0.4, -0.2) is 20.7 Å². The van der Waals surface area contributed by atoms with E-state index in [1.54, 1.807) is 30.3 Å². The van der Waals surface area contributed by atoms with E-state index in [0.717, 1.165) is 4.68 Å². The second kappa shape index (κ2) is 3.41. The molecule has 0 saturated heterocycles. The highest BCUT2D eigenvalue weighted by molar-refractivity contribution is 5.80. The summed E-state index contributed by atoms with van der Waals surface area (Å²) in [6.07, 6.45) is 0. The lowest BCUT2D eigenvalue weighted by molar-refractivity contribution is -0.256. The molecule has 0 atom stereocenters. The molecule has 15 heavy (non-hydrogen) atoms. The van der Waals surface area contributed by atoms with Crippen LogP contribution in [0.1, 0.15) is 10.6 Å². The van der Waals surface area contributed by atoms with Crippen molar-refractivity contribution in [3.05, 3.63) is 46.6 Å². The number of para-hydroxylation sites is 1. The number of carbonyl (C=O) groups is 1. The number of H-pyrrole nitrogens is 1. The van der Waals surface area contributed by atoms with Gasteiger partial charge in [-0.1, -0.05) is 18.2 Å². The van der Waals surface area contributed by atoms with E-state index in [4.69, 9.17) is 0 Å². The number of carbonyl (C=O) groups excluding carboxylic acids is 1. The van der Waals surface area contributed by atoms with Gasteiger partial charge in [0.05, 0.1) is 5.69 Å². The highest BCUT2D eigenvalue weighted by atomic mass is 16.4. The second-order valence-electron chi connectivity index (χ2n) is 2.81. The molecule has 2 aromatic rings. The van der Waals surface area contributed by atoms with Gasteiger partial charge in [-0.3, -0.25) is 4.98 Å². The summed E-state index contributed by atoms with van der Waals surface area (Å²) in [5.41, 5.74) is -0.119. The summed E-state index contributed by atoms with van der Waals surface area (Å²) in [6.45, 7) is 0. The van der Waals surface area contributed by atoms with Gasteiger partial charge in [0.25, 0.3) is 0 Å². The number of aromatic nitrogens is 3. The standard InChI is InChI=1S/C9H7N3O3/c13-8(14)7-10-9(15)12(11-7)6-4-2-1-3-5-6/h1-5H,(H,13,14)(H,10,11,15)/p-1. The molecular formula is C9H6N3O3-. The van der Waals surface area contributed by atoms with Crippen LogP contribution in [0.4, 0.5) is 0 Å². The fourth-order valence-electron chi connectivity index (χ4n) is 1.16. The molecule has 0 aliphatic heterocycles. The van der Waals surface area contributed by atoms with Crippen LogP contribution in [0.2, 0.25) is 0 Å². The zero-order valence-corrected chi connectivity index (χ0v) is 7.51. The Hall–Kier alpha value is -2.37. The van der Waals surface area contributed by atoms with E-state index in [1.807, 2.05) is 0 Å². The average molecular weight is 204 g/mol. The number of carboxylic acid groups (broad SMARTS) is 1. The maximum Gasteiger partial charge on any atom is 0.348 e. The molecule has 0 aliphatic rings. The van der Waals surface area contributed by atoms with Crippen molar-refractivity contribution in [2.75, 3.05) is 0 Å². The summed E-state index contributed by atoms with van der Waals surface area (Å²) < 4.78 is 0.963. The Kier molecular flexibility index (Phi) is 2.09. The molecule has 6 heteroatoms. The average Bonchev–Trinajstić information content (AvgIpc) is 2.62. The maximum atomic E-state index is 11.3. The number of hydrogen-bond acceptors (Lipinski definition) is 4. The van der Waals surface area contributed by atoms with E-state index in [0.29, 0.717) is 5.69 Å². The second-order valence-corrected chi connectivity index (χ2v) is 2.81. The molecule has 0 spiro atoms. The minimum absolute atomic E-state index is 0.483. The van der Waals surface area contributed by atoms with Crippen molar-refractivity contribution in [2.24, 2.45) is 0 Å². The Morgan fingerprint density at radius 1 is 1.33 bits per heavy atom. The Labute approximate surface area is 83.8 Å². The van der Waals surface area contributed by atoms with Crippen molar-refractivity contribution in [3.63, 3.8) is 0 Å². The SMILES string of the molecule is O=C([O-])c1nn(-c2ccccc2)c(=O)[nH]1. The highest BCUT2D eigenvalue weighted by Gasteiger charge is 2.06. The van der Waals surface area contributed by atoms with Crippen molar-refractivity contribution in [1.29, 1.82) is 0 Å². The van der Waals surface area contributed by atoms with Gasteiger partial charge >= 0.3 is 5.69 Å². The van der Waals surface area contributed by atoms with Crippen molar-refractivity contribution >= 4 is 5.97 Å². The van der Waals surface area contributed by atoms with Crippen LogP contribution in [-0.2, 0) is 0 Å². The quantitative estimate of drug-likeness (QED) is 0.673. The summed E-state index contributed by atoms with van der Waals surface area (Å²) in [5, 5.41) is 14.0. The fourth-order valence-corrected chi connectivity index (χ4v) is 1.16. The molecule has 0 bridgehead atoms. The first-order chi connectivity index (χ1) is 7.18. The Balaban J connectivity index is 2.55. The topological polar surface area (TPSA) is 90.8 Å². The Morgan fingerprint density at radius 2 is 2.00 bits per heavy atom. The maximum absolute atomic E-state index is 11.3. The number of benzene rings is 1. The first-order valence-corrected chi connectivity index (χ1v) is 4.14. The first kappa shape index (κ1) is 9.20. The normalized spacial score (nSPS) is 10.1. The van der Waals surface area contributed by atoms with Crippen molar-refractivity contribution in [1.82, 2.24) is 14.8 Å². The number of aromatic carboxylic acids is 1. The van der Waals surface area contributed by atoms with Gasteiger partial charge in [-0.15, -0.1) is 5.10 Å². The van der Waals surface area contributed by atoms with Crippen molar-refractivity contribution in [3.8, 4) is 5.69 Å². The van der Waals surface area contributed by atoms with Gasteiger partial charge in [0.2, 0.25) is 0 Å². The monoisotopic (exact) mass is 204 g/mol. The van der Waals surface area contributed by atoms with Crippen LogP contribution in [0.5, 0.6) is 0 Å². The molecule has 2 rings (SSSR count). The van der Waals surface area contributed by atoms with E-state index in [9.17, 15) is 14.7 Å². The fraction of sp³-hybridized carbons (Fsp3) is 0. The van der Waals surface area contributed by atoms with E-state index in [1.165, 1.54) is 0 Å². The van der Waals surface area contributed by atoms with Crippen LogP contribution >= 0.6 is 0 Å². The van der Waals surface area contributed by atoms with Gasteiger partial charge in [0.15, 0.2) is 5.82 Å². The lowest BCUT2D eigenvalue weighted by Gasteiger charge is -1.97. The Bertz CT molecular complexity index is 541. The Morgan fingerprint density at radius 3 is 2.53 bits per heavy atom. The summed E-state index contributed by atoms with van der Waals surface area (Å²) >= 11 is 0. The van der Waals surface area contributed by atoms with Crippen LogP contribution in [0.15, 0.2) is 35.1 Å². The molecular weight excluding hydrogens is 198 g/mol. The molecule has 0 fully saturated rings. The minimum atomic E-state index is -1.51. The van der Waals surface area contributed by atoms with Gasteiger partial charge in [0.1, 0.15) is 5.97 Å². The van der Waals surface area contributed by atoms with Crippen LogP contribution in [0.3, 0.4) is 0 Å². The summed E-state index contributed by atoms with van der Waals surface area (Å²) in [5.74, 6) is -1.99. The molecule has 0 saturated carbocycles. The van der Waals surface area contributed by atoms with Crippen LogP contribution < -0.4 is 10.8 Å². The smallest absolute Gasteiger partial charge is 0.348 e. The highest BCUT2D eigenvalue weighted by Crippen LogP contribution is 2.01. The zero-order chi connectivity index (χ0) is 10.8. The van der Waals surface area contributed by atoms with Gasteiger partial charge in [-0.05, 0) is 12.1 Å². The largest absolute Gasteiger partial charge is 0.542 e. The third kappa shape index (κ3) is 1.64. The van der Waals surface area contributed by atoms with Gasteiger partial charge in [-0.2, -0.15) is 4.68 Å². The number of nitrogens with one attached hydrogen (secondary N) is 1. The number of carboxylic acids is 1. The van der Waals surface area contributed by atoms with Gasteiger partial charge in [-0.25, -0.2) is 4.79 Å². The number of nitrogens with zero attached hydrogens (tertiary/aromatic N) is 2. The predicted octanol–water partition coefficient (Wildman–Crippen LogP) is -1.08. The summed E-state index contributed by atoms with van der Waals surface area (Å²) in [4.78, 5) is 23.8. The molecule has 1 aromatic carbocycles. The molecule has 0 radical (unpaired) electrons. The molecule has 1 N–H and O–H groups in total. The van der Waals surface area contributed by atoms with Gasteiger partial charge in [0, 0.05) is 0 Å². The molecule has 6 nitrogen and oxygen atoms in total. The summed E-state index contributed by atoms with van der Waals surface area (Å²) in [7, 11) is 0. The molecule has 76 valence electrons. The predicted molar refractivity (Wildman–Crippen MR) is 48.5 cm³/mol. The lowest BCUT2D eigenvalue weighted by Crippen LogP contribution is -2.24. The molecule has 0 unspecified atom stereocenters. The van der Waals surface area contributed by atoms with Crippen LogP contribution in [0.25, 0.3) is 5.69 Å². The minimum Gasteiger partial charge on any atom is -0.542 e. The van der Waals surface area contributed by atoms with Crippen molar-refractivity contribution < 1.29 is 9.90 Å². The van der Waals surface area contributed by atoms with E-state index < -0.39 is 17.5 Å². The van der Waals surface area contributed by atoms with E-state index in [-0.39, 0.29) is 0 Å². The molecule has 1 aromatic heterocycles. The zero-order valence-electron chi connectivity index (χ0n) is 7.51. The van der Waals surface area contributed by atoms with Gasteiger partial charge < -0.3 is 9.90 Å². The van der Waals surface area contributed by atoms with Crippen LogP contribution in [0, 0.1) is 0 Å². The number of rotatable bonds is 2. The molecule has 1 heterocycles. The molecule has 0 amide bonds. The number of aromatic amines is 1. The van der Waals surface area contributed by atoms with Crippen molar-refractivity contribution in [2.45, 2.75) is 0 Å².